The van der Waals surface area contributed by atoms with Crippen LogP contribution in [0.15, 0.2) is 30.3 Å². The molecule has 1 saturated carbocycles. The molecule has 2 aromatic rings. The summed E-state index contributed by atoms with van der Waals surface area (Å²) in [5.41, 5.74) is 1.59. The number of anilines is 2. The van der Waals surface area contributed by atoms with Gasteiger partial charge in [-0.05, 0) is 30.5 Å². The Labute approximate surface area is 141 Å². The van der Waals surface area contributed by atoms with Gasteiger partial charge in [0, 0.05) is 23.9 Å². The van der Waals surface area contributed by atoms with E-state index in [1.165, 1.54) is 12.7 Å². The molecule has 1 heterocycles. The van der Waals surface area contributed by atoms with Crippen molar-refractivity contribution >= 4 is 32.9 Å². The largest absolute Gasteiger partial charge is 0.340 e. The molecule has 1 aliphatic carbocycles. The molecule has 5 nitrogen and oxygen atoms in total. The van der Waals surface area contributed by atoms with Crippen molar-refractivity contribution in [3.05, 3.63) is 46.9 Å². The second-order valence-electron chi connectivity index (χ2n) is 5.95. The number of hydrogen-bond donors (Lipinski definition) is 1. The molecule has 3 rings (SSSR count). The van der Waals surface area contributed by atoms with E-state index in [1.807, 2.05) is 12.1 Å². The molecule has 0 bridgehead atoms. The number of nitrogens with one attached hydrogen (secondary N) is 1. The van der Waals surface area contributed by atoms with Crippen LogP contribution in [0.1, 0.15) is 36.6 Å². The number of aromatic nitrogens is 2. The number of halogens is 1. The summed E-state index contributed by atoms with van der Waals surface area (Å²) in [6.45, 7) is 0. The topological polar surface area (TPSA) is 72.0 Å². The maximum atomic E-state index is 11.3. The van der Waals surface area contributed by atoms with Gasteiger partial charge in [0.1, 0.15) is 16.8 Å². The van der Waals surface area contributed by atoms with E-state index in [2.05, 4.69) is 15.3 Å². The number of sulfone groups is 1. The van der Waals surface area contributed by atoms with Crippen molar-refractivity contribution in [2.45, 2.75) is 30.9 Å². The van der Waals surface area contributed by atoms with Crippen LogP contribution in [0.4, 0.5) is 11.5 Å². The standard InChI is InChI=1S/C16H18ClN3O2S/c1-23(21,22)10-11-5-7-13(8-6-11)18-15-9-14(17)19-16(20-15)12-3-2-4-12/h5-9,12H,2-4,10H2,1H3,(H,18,19,20). The third-order valence-corrected chi connectivity index (χ3v) is 4.89. The first kappa shape index (κ1) is 16.2. The third-order valence-electron chi connectivity index (χ3n) is 3.84. The van der Waals surface area contributed by atoms with E-state index < -0.39 is 9.84 Å². The highest BCUT2D eigenvalue weighted by atomic mass is 35.5. The number of hydrogen-bond acceptors (Lipinski definition) is 5. The summed E-state index contributed by atoms with van der Waals surface area (Å²) in [5.74, 6) is 1.90. The van der Waals surface area contributed by atoms with Crippen molar-refractivity contribution in [2.24, 2.45) is 0 Å². The van der Waals surface area contributed by atoms with Crippen molar-refractivity contribution in [1.82, 2.24) is 9.97 Å². The number of nitrogens with zero attached hydrogens (tertiary/aromatic N) is 2. The SMILES string of the molecule is CS(=O)(=O)Cc1ccc(Nc2cc(Cl)nc(C3CCC3)n2)cc1. The number of benzene rings is 1. The first-order valence-electron chi connectivity index (χ1n) is 7.47. The Hall–Kier alpha value is -1.66. The second kappa shape index (κ2) is 6.45. The quantitative estimate of drug-likeness (QED) is 0.832. The minimum absolute atomic E-state index is 0.0401. The normalized spacial score (nSPS) is 15.2. The molecule has 122 valence electrons. The fourth-order valence-corrected chi connectivity index (χ4v) is 3.47. The molecule has 7 heteroatoms. The van der Waals surface area contributed by atoms with Crippen molar-refractivity contribution in [3.63, 3.8) is 0 Å². The van der Waals surface area contributed by atoms with Gasteiger partial charge in [0.25, 0.3) is 0 Å². The zero-order valence-corrected chi connectivity index (χ0v) is 14.4. The van der Waals surface area contributed by atoms with Crippen LogP contribution in [-0.2, 0) is 15.6 Å². The van der Waals surface area contributed by atoms with Gasteiger partial charge < -0.3 is 5.32 Å². The van der Waals surface area contributed by atoms with Gasteiger partial charge >= 0.3 is 0 Å². The molecule has 0 saturated heterocycles. The van der Waals surface area contributed by atoms with Crippen LogP contribution >= 0.6 is 11.6 Å². The molecule has 0 radical (unpaired) electrons. The van der Waals surface area contributed by atoms with Crippen molar-refractivity contribution in [2.75, 3.05) is 11.6 Å². The maximum Gasteiger partial charge on any atom is 0.151 e. The Balaban J connectivity index is 1.75. The predicted molar refractivity (Wildman–Crippen MR) is 91.9 cm³/mol. The molecule has 0 spiro atoms. The van der Waals surface area contributed by atoms with E-state index in [9.17, 15) is 8.42 Å². The van der Waals surface area contributed by atoms with Crippen LogP contribution in [0.2, 0.25) is 5.15 Å². The van der Waals surface area contributed by atoms with Crippen molar-refractivity contribution < 1.29 is 8.42 Å². The Morgan fingerprint density at radius 3 is 2.48 bits per heavy atom. The summed E-state index contributed by atoms with van der Waals surface area (Å²) >= 11 is 6.08. The van der Waals surface area contributed by atoms with E-state index in [1.54, 1.807) is 18.2 Å². The first-order valence-corrected chi connectivity index (χ1v) is 9.91. The van der Waals surface area contributed by atoms with Crippen molar-refractivity contribution in [1.29, 1.82) is 0 Å². The van der Waals surface area contributed by atoms with Crippen LogP contribution < -0.4 is 5.32 Å². The van der Waals surface area contributed by atoms with Gasteiger partial charge in [-0.25, -0.2) is 18.4 Å². The van der Waals surface area contributed by atoms with Gasteiger partial charge in [-0.3, -0.25) is 0 Å². The maximum absolute atomic E-state index is 11.3. The van der Waals surface area contributed by atoms with Gasteiger partial charge in [-0.1, -0.05) is 30.2 Å². The van der Waals surface area contributed by atoms with E-state index in [-0.39, 0.29) is 5.75 Å². The Kier molecular flexibility index (Phi) is 4.55. The zero-order chi connectivity index (χ0) is 16.4. The summed E-state index contributed by atoms with van der Waals surface area (Å²) in [7, 11) is -3.02. The average Bonchev–Trinajstić information content (AvgIpc) is 2.36. The minimum atomic E-state index is -3.02. The van der Waals surface area contributed by atoms with Crippen LogP contribution in [0, 0.1) is 0 Å². The van der Waals surface area contributed by atoms with Crippen LogP contribution in [0.3, 0.4) is 0 Å². The number of rotatable bonds is 5. The summed E-state index contributed by atoms with van der Waals surface area (Å²) in [5, 5.41) is 3.62. The van der Waals surface area contributed by atoms with Gasteiger partial charge in [-0.15, -0.1) is 0 Å². The van der Waals surface area contributed by atoms with Gasteiger partial charge in [0.15, 0.2) is 9.84 Å². The molecule has 1 N–H and O–H groups in total. The monoisotopic (exact) mass is 351 g/mol. The Bertz CT molecular complexity index is 803. The summed E-state index contributed by atoms with van der Waals surface area (Å²) in [4.78, 5) is 8.83. The Morgan fingerprint density at radius 2 is 1.91 bits per heavy atom. The highest BCUT2D eigenvalue weighted by Crippen LogP contribution is 2.35. The van der Waals surface area contributed by atoms with Gasteiger partial charge in [0.2, 0.25) is 0 Å². The first-order chi connectivity index (χ1) is 10.9. The molecular weight excluding hydrogens is 334 g/mol. The summed E-state index contributed by atoms with van der Waals surface area (Å²) < 4.78 is 22.6. The van der Waals surface area contributed by atoms with Gasteiger partial charge in [0.05, 0.1) is 5.75 Å². The highest BCUT2D eigenvalue weighted by Gasteiger charge is 2.23. The molecular formula is C16H18ClN3O2S. The van der Waals surface area contributed by atoms with E-state index in [0.717, 1.165) is 29.9 Å². The lowest BCUT2D eigenvalue weighted by Crippen LogP contribution is -2.13. The lowest BCUT2D eigenvalue weighted by Gasteiger charge is -2.24. The molecule has 0 unspecified atom stereocenters. The minimum Gasteiger partial charge on any atom is -0.340 e. The van der Waals surface area contributed by atoms with Gasteiger partial charge in [-0.2, -0.15) is 0 Å². The van der Waals surface area contributed by atoms with Crippen LogP contribution in [-0.4, -0.2) is 24.6 Å². The fourth-order valence-electron chi connectivity index (χ4n) is 2.48. The molecule has 1 aromatic carbocycles. The van der Waals surface area contributed by atoms with E-state index in [4.69, 9.17) is 11.6 Å². The molecule has 1 aromatic heterocycles. The predicted octanol–water partition coefficient (Wildman–Crippen LogP) is 3.69. The second-order valence-corrected chi connectivity index (χ2v) is 8.48. The fraction of sp³-hybridized carbons (Fsp3) is 0.375. The molecule has 0 aliphatic heterocycles. The summed E-state index contributed by atoms with van der Waals surface area (Å²) in [6.07, 6.45) is 4.66. The van der Waals surface area contributed by atoms with E-state index >= 15 is 0 Å². The molecule has 0 amide bonds. The Morgan fingerprint density at radius 1 is 1.22 bits per heavy atom. The summed E-state index contributed by atoms with van der Waals surface area (Å²) in [6, 6.07) is 8.94. The smallest absolute Gasteiger partial charge is 0.151 e. The highest BCUT2D eigenvalue weighted by molar-refractivity contribution is 7.89. The molecule has 1 aliphatic rings. The van der Waals surface area contributed by atoms with Crippen LogP contribution in [0.25, 0.3) is 0 Å². The van der Waals surface area contributed by atoms with Crippen molar-refractivity contribution in [3.8, 4) is 0 Å². The zero-order valence-electron chi connectivity index (χ0n) is 12.8. The molecule has 0 atom stereocenters. The molecule has 1 fully saturated rings. The lowest BCUT2D eigenvalue weighted by atomic mass is 9.85. The molecule has 23 heavy (non-hydrogen) atoms. The van der Waals surface area contributed by atoms with Crippen LogP contribution in [0.5, 0.6) is 0 Å². The average molecular weight is 352 g/mol. The lowest BCUT2D eigenvalue weighted by molar-refractivity contribution is 0.402. The van der Waals surface area contributed by atoms with E-state index in [0.29, 0.717) is 16.9 Å². The third kappa shape index (κ3) is 4.42.